The molecular weight excluding hydrogens is 348 g/mol. The first-order chi connectivity index (χ1) is 13.0. The smallest absolute Gasteiger partial charge is 0.268 e. The lowest BCUT2D eigenvalue weighted by molar-refractivity contribution is 0.0905. The minimum absolute atomic E-state index is 0.0414. The summed E-state index contributed by atoms with van der Waals surface area (Å²) in [5, 5.41) is 0. The van der Waals surface area contributed by atoms with Crippen LogP contribution < -0.4 is 20.1 Å². The fourth-order valence-electron chi connectivity index (χ4n) is 3.25. The molecule has 0 saturated carbocycles. The number of carbonyl (C=O) groups excluding carboxylic acids is 2. The third-order valence-electron chi connectivity index (χ3n) is 4.66. The molecule has 2 heterocycles. The molecule has 2 N–H and O–H groups in total. The van der Waals surface area contributed by atoms with Gasteiger partial charge in [-0.25, -0.2) is 4.98 Å². The normalized spacial score (nSPS) is 16.7. The van der Waals surface area contributed by atoms with Crippen LogP contribution in [-0.4, -0.2) is 49.0 Å². The average molecular weight is 370 g/mol. The number of anilines is 1. The van der Waals surface area contributed by atoms with E-state index in [0.29, 0.717) is 29.4 Å². The summed E-state index contributed by atoms with van der Waals surface area (Å²) in [6, 6.07) is 5.18. The van der Waals surface area contributed by atoms with E-state index in [9.17, 15) is 9.59 Å². The van der Waals surface area contributed by atoms with Gasteiger partial charge in [0.1, 0.15) is 11.5 Å². The molecule has 8 heteroatoms. The Morgan fingerprint density at radius 2 is 1.96 bits per heavy atom. The van der Waals surface area contributed by atoms with Crippen LogP contribution in [0.5, 0.6) is 11.5 Å². The van der Waals surface area contributed by atoms with Gasteiger partial charge in [0, 0.05) is 24.6 Å². The van der Waals surface area contributed by atoms with Crippen molar-refractivity contribution in [2.45, 2.75) is 12.8 Å². The van der Waals surface area contributed by atoms with Gasteiger partial charge in [-0.05, 0) is 31.0 Å². The van der Waals surface area contributed by atoms with Crippen LogP contribution in [0.4, 0.5) is 5.82 Å². The molecule has 1 aromatic heterocycles. The summed E-state index contributed by atoms with van der Waals surface area (Å²) in [6.07, 6.45) is 4.54. The zero-order valence-electron chi connectivity index (χ0n) is 15.3. The van der Waals surface area contributed by atoms with E-state index in [2.05, 4.69) is 9.97 Å². The Bertz CT molecular complexity index is 855. The highest BCUT2D eigenvalue weighted by atomic mass is 16.5. The highest BCUT2D eigenvalue weighted by molar-refractivity contribution is 5.99. The first-order valence-corrected chi connectivity index (χ1v) is 8.66. The van der Waals surface area contributed by atoms with Gasteiger partial charge < -0.3 is 20.1 Å². The van der Waals surface area contributed by atoms with E-state index < -0.39 is 5.91 Å². The fraction of sp³-hybridized carbons (Fsp3) is 0.368. The predicted octanol–water partition coefficient (Wildman–Crippen LogP) is 1.69. The van der Waals surface area contributed by atoms with E-state index in [0.717, 1.165) is 19.4 Å². The first-order valence-electron chi connectivity index (χ1n) is 8.66. The van der Waals surface area contributed by atoms with Crippen molar-refractivity contribution in [2.24, 2.45) is 11.7 Å². The number of Topliss-reactive ketones (excluding diaryl/α,β-unsaturated/α-hetero) is 1. The van der Waals surface area contributed by atoms with Crippen LogP contribution in [-0.2, 0) is 0 Å². The van der Waals surface area contributed by atoms with Gasteiger partial charge in [0.15, 0.2) is 17.3 Å². The summed E-state index contributed by atoms with van der Waals surface area (Å²) in [5.41, 5.74) is 5.97. The molecule has 2 aromatic rings. The Hall–Kier alpha value is -3.16. The second-order valence-electron chi connectivity index (χ2n) is 6.35. The van der Waals surface area contributed by atoms with Crippen LogP contribution >= 0.6 is 0 Å². The lowest BCUT2D eigenvalue weighted by Gasteiger charge is -2.32. The van der Waals surface area contributed by atoms with E-state index in [1.807, 2.05) is 4.90 Å². The number of nitrogens with two attached hydrogens (primary N) is 1. The first kappa shape index (κ1) is 18.6. The molecule has 3 rings (SSSR count). The quantitative estimate of drug-likeness (QED) is 0.771. The number of hydrogen-bond acceptors (Lipinski definition) is 7. The number of amides is 1. The van der Waals surface area contributed by atoms with Crippen molar-refractivity contribution >= 4 is 17.5 Å². The molecule has 1 fully saturated rings. The molecule has 0 bridgehead atoms. The summed E-state index contributed by atoms with van der Waals surface area (Å²) in [5.74, 6) is 0.889. The van der Waals surface area contributed by atoms with Gasteiger partial charge in [0.05, 0.1) is 26.6 Å². The van der Waals surface area contributed by atoms with Gasteiger partial charge >= 0.3 is 0 Å². The molecule has 142 valence electrons. The van der Waals surface area contributed by atoms with Crippen molar-refractivity contribution in [3.05, 3.63) is 41.9 Å². The molecule has 1 aliphatic rings. The highest BCUT2D eigenvalue weighted by Gasteiger charge is 2.28. The molecule has 8 nitrogen and oxygen atoms in total. The maximum absolute atomic E-state index is 13.0. The molecule has 27 heavy (non-hydrogen) atoms. The lowest BCUT2D eigenvalue weighted by atomic mass is 9.90. The Balaban J connectivity index is 1.79. The van der Waals surface area contributed by atoms with Gasteiger partial charge in [0.25, 0.3) is 5.91 Å². The monoisotopic (exact) mass is 370 g/mol. The Kier molecular flexibility index (Phi) is 5.54. The van der Waals surface area contributed by atoms with Gasteiger partial charge in [-0.1, -0.05) is 0 Å². The van der Waals surface area contributed by atoms with Crippen molar-refractivity contribution in [1.82, 2.24) is 9.97 Å². The Morgan fingerprint density at radius 1 is 1.19 bits per heavy atom. The number of methoxy groups -OCH3 is 2. The van der Waals surface area contributed by atoms with Crippen LogP contribution in [0.25, 0.3) is 0 Å². The number of nitrogens with zero attached hydrogens (tertiary/aromatic N) is 3. The average Bonchev–Trinajstić information content (AvgIpc) is 2.72. The lowest BCUT2D eigenvalue weighted by Crippen LogP contribution is -2.39. The molecule has 1 aliphatic heterocycles. The number of ether oxygens (including phenoxy) is 2. The van der Waals surface area contributed by atoms with Crippen LogP contribution in [0.15, 0.2) is 30.6 Å². The highest BCUT2D eigenvalue weighted by Crippen LogP contribution is 2.30. The predicted molar refractivity (Wildman–Crippen MR) is 99.4 cm³/mol. The molecule has 1 amide bonds. The molecule has 1 atom stereocenters. The van der Waals surface area contributed by atoms with Gasteiger partial charge in [0.2, 0.25) is 0 Å². The molecule has 1 saturated heterocycles. The van der Waals surface area contributed by atoms with E-state index in [-0.39, 0.29) is 17.4 Å². The van der Waals surface area contributed by atoms with Crippen LogP contribution in [0.3, 0.4) is 0 Å². The van der Waals surface area contributed by atoms with Gasteiger partial charge in [-0.2, -0.15) is 0 Å². The van der Waals surface area contributed by atoms with Crippen molar-refractivity contribution in [3.8, 4) is 11.5 Å². The largest absolute Gasteiger partial charge is 0.493 e. The minimum atomic E-state index is -0.626. The molecule has 1 aromatic carbocycles. The number of benzene rings is 1. The molecule has 0 radical (unpaired) electrons. The number of rotatable bonds is 6. The number of aromatic nitrogens is 2. The standard InChI is InChI=1S/C19H22N4O4/c1-26-15-6-5-12(8-16(15)27-2)18(24)13-4-3-7-23(11-13)17-10-21-9-14(22-17)19(20)25/h5-6,8-10,13H,3-4,7,11H2,1-2H3,(H2,20,25). The van der Waals surface area contributed by atoms with Crippen LogP contribution in [0, 0.1) is 5.92 Å². The van der Waals surface area contributed by atoms with E-state index in [4.69, 9.17) is 15.2 Å². The summed E-state index contributed by atoms with van der Waals surface area (Å²) >= 11 is 0. The number of carbonyl (C=O) groups is 2. The second kappa shape index (κ2) is 8.03. The van der Waals surface area contributed by atoms with Crippen molar-refractivity contribution < 1.29 is 19.1 Å². The van der Waals surface area contributed by atoms with Crippen molar-refractivity contribution in [2.75, 3.05) is 32.2 Å². The van der Waals surface area contributed by atoms with Crippen LogP contribution in [0.1, 0.15) is 33.7 Å². The van der Waals surface area contributed by atoms with E-state index in [1.165, 1.54) is 6.20 Å². The maximum Gasteiger partial charge on any atom is 0.268 e. The van der Waals surface area contributed by atoms with Crippen LogP contribution in [0.2, 0.25) is 0 Å². The van der Waals surface area contributed by atoms with Gasteiger partial charge in [-0.15, -0.1) is 0 Å². The van der Waals surface area contributed by atoms with Crippen molar-refractivity contribution in [1.29, 1.82) is 0 Å². The zero-order chi connectivity index (χ0) is 19.4. The van der Waals surface area contributed by atoms with Crippen molar-refractivity contribution in [3.63, 3.8) is 0 Å². The third-order valence-corrected chi connectivity index (χ3v) is 4.66. The van der Waals surface area contributed by atoms with Gasteiger partial charge in [-0.3, -0.25) is 14.6 Å². The number of hydrogen-bond donors (Lipinski definition) is 1. The minimum Gasteiger partial charge on any atom is -0.493 e. The maximum atomic E-state index is 13.0. The zero-order valence-corrected chi connectivity index (χ0v) is 15.3. The number of ketones is 1. The number of primary amides is 1. The summed E-state index contributed by atoms with van der Waals surface area (Å²) in [4.78, 5) is 34.6. The summed E-state index contributed by atoms with van der Waals surface area (Å²) in [7, 11) is 3.10. The number of piperidine rings is 1. The summed E-state index contributed by atoms with van der Waals surface area (Å²) < 4.78 is 10.5. The molecule has 0 aliphatic carbocycles. The van der Waals surface area contributed by atoms with E-state index in [1.54, 1.807) is 38.6 Å². The SMILES string of the molecule is COc1ccc(C(=O)C2CCCN(c3cncc(C(N)=O)n3)C2)cc1OC. The summed E-state index contributed by atoms with van der Waals surface area (Å²) in [6.45, 7) is 1.25. The second-order valence-corrected chi connectivity index (χ2v) is 6.35. The Labute approximate surface area is 157 Å². The third kappa shape index (κ3) is 3.99. The molecular formula is C19H22N4O4. The van der Waals surface area contributed by atoms with E-state index >= 15 is 0 Å². The Morgan fingerprint density at radius 3 is 2.67 bits per heavy atom. The molecule has 1 unspecified atom stereocenters. The fourth-order valence-corrected chi connectivity index (χ4v) is 3.25. The molecule has 0 spiro atoms. The topological polar surface area (TPSA) is 108 Å².